The number of halogens is 4. The van der Waals surface area contributed by atoms with Gasteiger partial charge in [0, 0.05) is 8.04 Å². The van der Waals surface area contributed by atoms with Crippen molar-refractivity contribution in [1.29, 1.82) is 0 Å². The molecule has 0 radical (unpaired) electrons. The Morgan fingerprint density at radius 2 is 1.95 bits per heavy atom. The van der Waals surface area contributed by atoms with Gasteiger partial charge in [0.1, 0.15) is 0 Å². The van der Waals surface area contributed by atoms with Crippen LogP contribution < -0.4 is 10.8 Å². The summed E-state index contributed by atoms with van der Waals surface area (Å²) < 4.78 is 28.9. The van der Waals surface area contributed by atoms with Crippen LogP contribution in [0.3, 0.4) is 0 Å². The summed E-state index contributed by atoms with van der Waals surface area (Å²) in [5.41, 5.74) is 1.27. The SMILES string of the molecule is O=C(NO)c1ccc(F)c(F)c1Nc1ccc(I)cc1Br. The Morgan fingerprint density at radius 3 is 2.57 bits per heavy atom. The number of anilines is 2. The number of hydrogen-bond donors (Lipinski definition) is 3. The van der Waals surface area contributed by atoms with E-state index < -0.39 is 17.5 Å². The lowest BCUT2D eigenvalue weighted by molar-refractivity contribution is 0.0707. The highest BCUT2D eigenvalue weighted by Crippen LogP contribution is 2.31. The normalized spacial score (nSPS) is 10.3. The van der Waals surface area contributed by atoms with Crippen molar-refractivity contribution in [2.24, 2.45) is 0 Å². The molecule has 0 heterocycles. The van der Waals surface area contributed by atoms with Crippen molar-refractivity contribution in [2.75, 3.05) is 5.32 Å². The Labute approximate surface area is 140 Å². The van der Waals surface area contributed by atoms with Crippen LogP contribution in [0.25, 0.3) is 0 Å². The standard InChI is InChI=1S/C13H8BrF2IN2O2/c14-8-5-6(17)1-4-10(8)18-12-7(13(20)19-21)2-3-9(15)11(12)16/h1-5,18,21H,(H,19,20). The molecule has 4 nitrogen and oxygen atoms in total. The average molecular weight is 469 g/mol. The maximum absolute atomic E-state index is 13.9. The molecule has 0 fully saturated rings. The fourth-order valence-corrected chi connectivity index (χ4v) is 3.04. The summed E-state index contributed by atoms with van der Waals surface area (Å²) in [5, 5.41) is 11.3. The van der Waals surface area contributed by atoms with Crippen LogP contribution in [0.4, 0.5) is 20.2 Å². The van der Waals surface area contributed by atoms with Crippen molar-refractivity contribution in [3.63, 3.8) is 0 Å². The topological polar surface area (TPSA) is 61.4 Å². The molecular formula is C13H8BrF2IN2O2. The van der Waals surface area contributed by atoms with E-state index in [2.05, 4.69) is 43.8 Å². The highest BCUT2D eigenvalue weighted by molar-refractivity contribution is 14.1. The molecule has 0 aliphatic heterocycles. The Hall–Kier alpha value is -1.26. The maximum Gasteiger partial charge on any atom is 0.276 e. The van der Waals surface area contributed by atoms with E-state index in [4.69, 9.17) is 5.21 Å². The van der Waals surface area contributed by atoms with E-state index in [9.17, 15) is 13.6 Å². The number of benzene rings is 2. The number of hydroxylamine groups is 1. The molecule has 0 saturated carbocycles. The van der Waals surface area contributed by atoms with Crippen LogP contribution in [0.5, 0.6) is 0 Å². The number of carbonyl (C=O) groups excluding carboxylic acids is 1. The largest absolute Gasteiger partial charge is 0.351 e. The summed E-state index contributed by atoms with van der Waals surface area (Å²) in [6.45, 7) is 0. The Kier molecular flexibility index (Phi) is 5.12. The lowest BCUT2D eigenvalue weighted by Gasteiger charge is -2.14. The van der Waals surface area contributed by atoms with Gasteiger partial charge in [0.2, 0.25) is 0 Å². The number of amides is 1. The minimum atomic E-state index is -1.21. The van der Waals surface area contributed by atoms with Crippen molar-refractivity contribution in [3.05, 3.63) is 55.6 Å². The molecule has 0 bridgehead atoms. The van der Waals surface area contributed by atoms with Gasteiger partial charge in [0.15, 0.2) is 11.6 Å². The van der Waals surface area contributed by atoms with Gasteiger partial charge in [-0.25, -0.2) is 14.3 Å². The van der Waals surface area contributed by atoms with E-state index in [1.165, 1.54) is 5.48 Å². The van der Waals surface area contributed by atoms with Crippen LogP contribution in [0.15, 0.2) is 34.8 Å². The summed E-state index contributed by atoms with van der Waals surface area (Å²) in [7, 11) is 0. The molecule has 0 spiro atoms. The molecule has 0 aliphatic rings. The van der Waals surface area contributed by atoms with Gasteiger partial charge in [-0.05, 0) is 68.9 Å². The van der Waals surface area contributed by atoms with Gasteiger partial charge in [0.25, 0.3) is 5.91 Å². The minimum Gasteiger partial charge on any atom is -0.351 e. The monoisotopic (exact) mass is 468 g/mol. The van der Waals surface area contributed by atoms with E-state index in [1.54, 1.807) is 18.2 Å². The van der Waals surface area contributed by atoms with E-state index >= 15 is 0 Å². The quantitative estimate of drug-likeness (QED) is 0.359. The van der Waals surface area contributed by atoms with Crippen molar-refractivity contribution < 1.29 is 18.8 Å². The number of nitrogens with one attached hydrogen (secondary N) is 2. The first-order chi connectivity index (χ1) is 9.93. The molecule has 2 rings (SSSR count). The summed E-state index contributed by atoms with van der Waals surface area (Å²) >= 11 is 5.39. The maximum atomic E-state index is 13.9. The second-order valence-corrected chi connectivity index (χ2v) is 6.07. The second-order valence-electron chi connectivity index (χ2n) is 3.97. The molecule has 0 aliphatic carbocycles. The first-order valence-electron chi connectivity index (χ1n) is 5.58. The van der Waals surface area contributed by atoms with Crippen LogP contribution in [0, 0.1) is 15.2 Å². The smallest absolute Gasteiger partial charge is 0.276 e. The lowest BCUT2D eigenvalue weighted by Crippen LogP contribution is -2.20. The Morgan fingerprint density at radius 1 is 1.24 bits per heavy atom. The lowest BCUT2D eigenvalue weighted by atomic mass is 10.1. The van der Waals surface area contributed by atoms with Crippen molar-refractivity contribution >= 4 is 55.8 Å². The third-order valence-electron chi connectivity index (χ3n) is 2.63. The van der Waals surface area contributed by atoms with E-state index in [-0.39, 0.29) is 11.3 Å². The van der Waals surface area contributed by atoms with E-state index in [0.717, 1.165) is 15.7 Å². The first-order valence-corrected chi connectivity index (χ1v) is 7.45. The predicted molar refractivity (Wildman–Crippen MR) is 85.8 cm³/mol. The third-order valence-corrected chi connectivity index (χ3v) is 3.96. The minimum absolute atomic E-state index is 0.221. The van der Waals surface area contributed by atoms with Crippen LogP contribution >= 0.6 is 38.5 Å². The molecule has 0 saturated heterocycles. The van der Waals surface area contributed by atoms with Crippen molar-refractivity contribution in [1.82, 2.24) is 5.48 Å². The Bertz CT molecular complexity index is 713. The fraction of sp³-hybridized carbons (Fsp3) is 0. The second kappa shape index (κ2) is 6.67. The molecule has 110 valence electrons. The molecular weight excluding hydrogens is 461 g/mol. The summed E-state index contributed by atoms with van der Waals surface area (Å²) in [6, 6.07) is 7.07. The third kappa shape index (κ3) is 3.50. The van der Waals surface area contributed by atoms with Gasteiger partial charge in [-0.15, -0.1) is 0 Å². The predicted octanol–water partition coefficient (Wildman–Crippen LogP) is 4.19. The zero-order chi connectivity index (χ0) is 15.6. The molecule has 2 aromatic carbocycles. The molecule has 0 atom stereocenters. The molecule has 0 unspecified atom stereocenters. The van der Waals surface area contributed by atoms with Gasteiger partial charge in [-0.2, -0.15) is 0 Å². The van der Waals surface area contributed by atoms with Crippen molar-refractivity contribution in [2.45, 2.75) is 0 Å². The average Bonchev–Trinajstić information content (AvgIpc) is 2.45. The number of carbonyl (C=O) groups is 1. The highest BCUT2D eigenvalue weighted by atomic mass is 127. The van der Waals surface area contributed by atoms with Gasteiger partial charge in [-0.1, -0.05) is 0 Å². The van der Waals surface area contributed by atoms with Crippen LogP contribution in [-0.4, -0.2) is 11.1 Å². The van der Waals surface area contributed by atoms with Crippen LogP contribution in [-0.2, 0) is 0 Å². The van der Waals surface area contributed by atoms with Crippen LogP contribution in [0.2, 0.25) is 0 Å². The number of rotatable bonds is 3. The summed E-state index contributed by atoms with van der Waals surface area (Å²) in [6.07, 6.45) is 0. The van der Waals surface area contributed by atoms with Crippen LogP contribution in [0.1, 0.15) is 10.4 Å². The van der Waals surface area contributed by atoms with Gasteiger partial charge >= 0.3 is 0 Å². The first kappa shape index (κ1) is 16.1. The molecule has 1 amide bonds. The molecule has 21 heavy (non-hydrogen) atoms. The highest BCUT2D eigenvalue weighted by Gasteiger charge is 2.19. The zero-order valence-electron chi connectivity index (χ0n) is 10.3. The van der Waals surface area contributed by atoms with E-state index in [1.807, 2.05) is 0 Å². The zero-order valence-corrected chi connectivity index (χ0v) is 14.0. The van der Waals surface area contributed by atoms with Gasteiger partial charge in [-0.3, -0.25) is 10.0 Å². The Balaban J connectivity index is 2.51. The summed E-state index contributed by atoms with van der Waals surface area (Å²) in [4.78, 5) is 11.5. The number of hydrogen-bond acceptors (Lipinski definition) is 3. The molecule has 2 aromatic rings. The summed E-state index contributed by atoms with van der Waals surface area (Å²) in [5.74, 6) is -3.26. The van der Waals surface area contributed by atoms with Gasteiger partial charge in [0.05, 0.1) is 16.9 Å². The molecule has 3 N–H and O–H groups in total. The van der Waals surface area contributed by atoms with E-state index in [0.29, 0.717) is 10.2 Å². The van der Waals surface area contributed by atoms with Crippen molar-refractivity contribution in [3.8, 4) is 0 Å². The van der Waals surface area contributed by atoms with Gasteiger partial charge < -0.3 is 5.32 Å². The molecule has 0 aromatic heterocycles. The fourth-order valence-electron chi connectivity index (χ4n) is 1.65. The molecule has 8 heteroatoms.